The van der Waals surface area contributed by atoms with Gasteiger partial charge in [-0.05, 0) is 70.6 Å². The zero-order chi connectivity index (χ0) is 41.4. The highest BCUT2D eigenvalue weighted by Crippen LogP contribution is 2.11. The molecule has 0 aliphatic heterocycles. The summed E-state index contributed by atoms with van der Waals surface area (Å²) in [7, 11) is 5.47. The smallest absolute Gasteiger partial charge is 0.362 e. The van der Waals surface area contributed by atoms with Crippen molar-refractivity contribution >= 4 is 17.9 Å². The molecule has 0 aromatic heterocycles. The molecule has 0 radical (unpaired) electrons. The maximum atomic E-state index is 12.7. The molecule has 0 aromatic rings. The fourth-order valence-corrected chi connectivity index (χ4v) is 5.28. The molecular formula is C48H76NO7+. The number of likely N-dealkylation sites (N-methyl/N-ethyl adjacent to an activating group) is 1. The number of hydrogen-bond donors (Lipinski definition) is 1. The van der Waals surface area contributed by atoms with Crippen LogP contribution in [-0.4, -0.2) is 80.6 Å². The average Bonchev–Trinajstić information content (AvgIpc) is 3.15. The van der Waals surface area contributed by atoms with E-state index < -0.39 is 18.1 Å². The highest BCUT2D eigenvalue weighted by atomic mass is 16.6. The molecule has 8 nitrogen and oxygen atoms in total. The normalized spacial score (nSPS) is 14.1. The molecule has 314 valence electrons. The van der Waals surface area contributed by atoms with E-state index >= 15 is 0 Å². The number of unbranched alkanes of at least 4 members (excludes halogenated alkanes) is 7. The van der Waals surface area contributed by atoms with Gasteiger partial charge in [-0.2, -0.15) is 0 Å². The van der Waals surface area contributed by atoms with Gasteiger partial charge in [-0.25, -0.2) is 4.79 Å². The predicted molar refractivity (Wildman–Crippen MR) is 233 cm³/mol. The first kappa shape index (κ1) is 52.0. The van der Waals surface area contributed by atoms with E-state index in [2.05, 4.69) is 74.6 Å². The van der Waals surface area contributed by atoms with Gasteiger partial charge in [0.25, 0.3) is 0 Å². The number of carboxylic acid groups (broad SMARTS) is 1. The number of nitrogens with zero attached hydrogens (tertiary/aromatic N) is 1. The van der Waals surface area contributed by atoms with Gasteiger partial charge in [-0.3, -0.25) is 9.59 Å². The Hall–Kier alpha value is -4.01. The third-order valence-electron chi connectivity index (χ3n) is 8.53. The van der Waals surface area contributed by atoms with Crippen LogP contribution >= 0.6 is 0 Å². The van der Waals surface area contributed by atoms with Gasteiger partial charge < -0.3 is 23.8 Å². The van der Waals surface area contributed by atoms with Crippen molar-refractivity contribution in [2.24, 2.45) is 0 Å². The molecule has 0 bridgehead atoms. The summed E-state index contributed by atoms with van der Waals surface area (Å²) < 4.78 is 17.1. The van der Waals surface area contributed by atoms with Crippen molar-refractivity contribution in [2.45, 2.75) is 135 Å². The SMILES string of the molecule is CC/C=C/C=C/C=C/C=C/C=C/CCCCCC(=O)OC(COCCC(C(=O)O)[N+](C)(C)C)COC(=O)CCC/C=C/C/C=C/C/C=C/C/C=C/CCCCC. The number of quaternary nitrogens is 1. The van der Waals surface area contributed by atoms with Crippen molar-refractivity contribution in [3.63, 3.8) is 0 Å². The Labute approximate surface area is 340 Å². The number of allylic oxidation sites excluding steroid dienone is 18. The summed E-state index contributed by atoms with van der Waals surface area (Å²) in [5.41, 5.74) is 0. The molecule has 0 rings (SSSR count). The number of hydrogen-bond acceptors (Lipinski definition) is 6. The molecule has 0 spiro atoms. The molecule has 0 fully saturated rings. The van der Waals surface area contributed by atoms with E-state index in [4.69, 9.17) is 14.2 Å². The van der Waals surface area contributed by atoms with Crippen molar-refractivity contribution in [1.29, 1.82) is 0 Å². The summed E-state index contributed by atoms with van der Waals surface area (Å²) in [6, 6.07) is -0.637. The molecule has 0 heterocycles. The summed E-state index contributed by atoms with van der Waals surface area (Å²) in [6.45, 7) is 4.42. The summed E-state index contributed by atoms with van der Waals surface area (Å²) in [5.74, 6) is -1.62. The lowest BCUT2D eigenvalue weighted by Crippen LogP contribution is -2.50. The van der Waals surface area contributed by atoms with Crippen LogP contribution in [0.4, 0.5) is 0 Å². The monoisotopic (exact) mass is 779 g/mol. The second-order valence-electron chi connectivity index (χ2n) is 14.6. The van der Waals surface area contributed by atoms with Gasteiger partial charge in [0, 0.05) is 19.3 Å². The molecule has 2 atom stereocenters. The predicted octanol–water partition coefficient (Wildman–Crippen LogP) is 11.3. The Kier molecular flexibility index (Phi) is 35.2. The fraction of sp³-hybridized carbons (Fsp3) is 0.562. The van der Waals surface area contributed by atoms with E-state index in [0.717, 1.165) is 51.4 Å². The summed E-state index contributed by atoms with van der Waals surface area (Å²) in [4.78, 5) is 36.9. The van der Waals surface area contributed by atoms with E-state index in [1.807, 2.05) is 69.8 Å². The van der Waals surface area contributed by atoms with E-state index in [9.17, 15) is 19.5 Å². The summed E-state index contributed by atoms with van der Waals surface area (Å²) in [6.07, 6.45) is 51.4. The maximum Gasteiger partial charge on any atom is 0.362 e. The molecule has 1 N–H and O–H groups in total. The lowest BCUT2D eigenvalue weighted by molar-refractivity contribution is -0.887. The van der Waals surface area contributed by atoms with Crippen LogP contribution in [0.25, 0.3) is 0 Å². The van der Waals surface area contributed by atoms with Gasteiger partial charge in [-0.1, -0.05) is 142 Å². The standard InChI is InChI=1S/C48H75NO7/c1-6-8-10-12-14-16-18-20-22-23-25-26-28-30-32-34-36-38-46(50)55-43-44(42-54-41-40-45(48(52)53)49(3,4)5)56-47(51)39-37-35-33-31-29-27-24-21-19-17-15-13-11-9-7-2/h9,11,13-17,19-22,24-27,29-30,32,44-45H,6-8,10,12,18,23,28,31,33-43H2,1-5H3/p+1/b11-9+,15-13+,16-14+,19-17+,22-20+,24-21+,26-25+,29-27+,32-30+. The molecule has 2 unspecified atom stereocenters. The lowest BCUT2D eigenvalue weighted by atomic mass is 10.1. The topological polar surface area (TPSA) is 99.1 Å². The van der Waals surface area contributed by atoms with Gasteiger partial charge in [0.1, 0.15) is 6.61 Å². The number of carboxylic acids is 1. The van der Waals surface area contributed by atoms with Crippen molar-refractivity contribution in [2.75, 3.05) is 41.0 Å². The number of carbonyl (C=O) groups excluding carboxylic acids is 2. The number of esters is 2. The highest BCUT2D eigenvalue weighted by Gasteiger charge is 2.31. The quantitative estimate of drug-likeness (QED) is 0.0225. The maximum absolute atomic E-state index is 12.7. The molecule has 0 saturated carbocycles. The van der Waals surface area contributed by atoms with E-state index in [1.165, 1.54) is 25.7 Å². The molecule has 0 aliphatic rings. The Morgan fingerprint density at radius 2 is 1.09 bits per heavy atom. The lowest BCUT2D eigenvalue weighted by Gasteiger charge is -2.31. The van der Waals surface area contributed by atoms with Crippen LogP contribution in [-0.2, 0) is 28.6 Å². The van der Waals surface area contributed by atoms with Crippen molar-refractivity contribution in [1.82, 2.24) is 0 Å². The van der Waals surface area contributed by atoms with Crippen LogP contribution in [0, 0.1) is 0 Å². The van der Waals surface area contributed by atoms with Crippen LogP contribution in [0.5, 0.6) is 0 Å². The van der Waals surface area contributed by atoms with E-state index in [0.29, 0.717) is 19.3 Å². The van der Waals surface area contributed by atoms with Gasteiger partial charge in [0.05, 0.1) is 34.4 Å². The number of carbonyl (C=O) groups is 3. The van der Waals surface area contributed by atoms with Gasteiger partial charge in [0.15, 0.2) is 12.1 Å². The van der Waals surface area contributed by atoms with Crippen molar-refractivity contribution in [3.8, 4) is 0 Å². The molecule has 0 amide bonds. The zero-order valence-electron chi connectivity index (χ0n) is 35.5. The van der Waals surface area contributed by atoms with Gasteiger partial charge in [0.2, 0.25) is 0 Å². The van der Waals surface area contributed by atoms with E-state index in [1.54, 1.807) is 0 Å². The third kappa shape index (κ3) is 35.7. The number of rotatable bonds is 35. The van der Waals surface area contributed by atoms with Crippen LogP contribution < -0.4 is 0 Å². The van der Waals surface area contributed by atoms with Crippen LogP contribution in [0.2, 0.25) is 0 Å². The average molecular weight is 779 g/mol. The van der Waals surface area contributed by atoms with E-state index in [-0.39, 0.29) is 49.1 Å². The second kappa shape index (κ2) is 37.9. The number of aliphatic carboxylic acids is 1. The molecule has 0 aromatic carbocycles. The molecule has 8 heteroatoms. The highest BCUT2D eigenvalue weighted by molar-refractivity contribution is 5.72. The molecule has 0 saturated heterocycles. The first-order chi connectivity index (χ1) is 27.1. The summed E-state index contributed by atoms with van der Waals surface area (Å²) >= 11 is 0. The minimum atomic E-state index is -0.896. The fourth-order valence-electron chi connectivity index (χ4n) is 5.28. The van der Waals surface area contributed by atoms with Crippen molar-refractivity contribution in [3.05, 3.63) is 109 Å². The van der Waals surface area contributed by atoms with Gasteiger partial charge >= 0.3 is 17.9 Å². The first-order valence-corrected chi connectivity index (χ1v) is 21.0. The Bertz CT molecular complexity index is 1280. The number of ether oxygens (including phenoxy) is 3. The van der Waals surface area contributed by atoms with Gasteiger partial charge in [-0.15, -0.1) is 0 Å². The van der Waals surface area contributed by atoms with Crippen LogP contribution in [0.1, 0.15) is 123 Å². The van der Waals surface area contributed by atoms with Crippen LogP contribution in [0.15, 0.2) is 109 Å². The minimum absolute atomic E-state index is 0.0183. The van der Waals surface area contributed by atoms with Crippen LogP contribution in [0.3, 0.4) is 0 Å². The Morgan fingerprint density at radius 3 is 1.66 bits per heavy atom. The zero-order valence-corrected chi connectivity index (χ0v) is 35.5. The summed E-state index contributed by atoms with van der Waals surface area (Å²) in [5, 5.41) is 9.61. The Morgan fingerprint density at radius 1 is 0.571 bits per heavy atom. The largest absolute Gasteiger partial charge is 0.477 e. The molecular weight excluding hydrogens is 703 g/mol. The minimum Gasteiger partial charge on any atom is -0.477 e. The Balaban J connectivity index is 4.58. The third-order valence-corrected chi connectivity index (χ3v) is 8.53. The molecule has 0 aliphatic carbocycles. The van der Waals surface area contributed by atoms with Crippen molar-refractivity contribution < 1.29 is 38.2 Å². The first-order valence-electron chi connectivity index (χ1n) is 21.0. The molecule has 56 heavy (non-hydrogen) atoms. The second-order valence-corrected chi connectivity index (χ2v) is 14.6.